The molecule has 4 radical (unpaired) electrons. The Labute approximate surface area is 354 Å². The third-order valence-electron chi connectivity index (χ3n) is 9.39. The Morgan fingerprint density at radius 3 is 1.29 bits per heavy atom. The lowest BCUT2D eigenvalue weighted by atomic mass is 9.85. The van der Waals surface area contributed by atoms with E-state index >= 15 is 0 Å². The summed E-state index contributed by atoms with van der Waals surface area (Å²) in [5.41, 5.74) is 9.70. The molecule has 0 saturated heterocycles. The van der Waals surface area contributed by atoms with E-state index in [9.17, 15) is 9.59 Å². The summed E-state index contributed by atoms with van der Waals surface area (Å²) in [5.74, 6) is 0.666. The summed E-state index contributed by atoms with van der Waals surface area (Å²) < 4.78 is 3.33. The van der Waals surface area contributed by atoms with Crippen LogP contribution < -0.4 is 21.8 Å². The Balaban J connectivity index is 0.000000237. The third kappa shape index (κ3) is 9.78. The van der Waals surface area contributed by atoms with Crippen molar-refractivity contribution in [1.29, 1.82) is 0 Å². The Hall–Kier alpha value is -5.70. The van der Waals surface area contributed by atoms with Crippen LogP contribution in [0.4, 0.5) is 11.4 Å². The second kappa shape index (κ2) is 19.4. The van der Waals surface area contributed by atoms with Gasteiger partial charge in [0.1, 0.15) is 33.8 Å². The maximum Gasteiger partial charge on any atom is 0.261 e. The van der Waals surface area contributed by atoms with Crippen LogP contribution in [0, 0.1) is 25.7 Å². The quantitative estimate of drug-likeness (QED) is 0.0852. The van der Waals surface area contributed by atoms with E-state index in [-0.39, 0.29) is 48.3 Å². The van der Waals surface area contributed by atoms with E-state index < -0.39 is 0 Å². The van der Waals surface area contributed by atoms with Crippen LogP contribution in [-0.4, -0.2) is 77.0 Å². The van der Waals surface area contributed by atoms with Crippen LogP contribution in [0.2, 0.25) is 0 Å². The molecular formula is C42H56B2N12O2S. The van der Waals surface area contributed by atoms with Gasteiger partial charge in [-0.1, -0.05) is 67.5 Å². The minimum Gasteiger partial charge on any atom is -0.388 e. The smallest absolute Gasteiger partial charge is 0.261 e. The van der Waals surface area contributed by atoms with Gasteiger partial charge in [-0.2, -0.15) is 23.7 Å². The second-order valence-corrected chi connectivity index (χ2v) is 14.6. The lowest BCUT2D eigenvalue weighted by Crippen LogP contribution is -2.27. The summed E-state index contributed by atoms with van der Waals surface area (Å²) in [6, 6.07) is 11.9. The number of rotatable bonds is 8. The zero-order valence-corrected chi connectivity index (χ0v) is 37.1. The first-order chi connectivity index (χ1) is 27.7. The van der Waals surface area contributed by atoms with Gasteiger partial charge in [-0.3, -0.25) is 19.0 Å². The molecule has 0 saturated carbocycles. The molecule has 2 aromatic carbocycles. The van der Waals surface area contributed by atoms with Crippen molar-refractivity contribution in [2.45, 2.75) is 81.1 Å². The average molecular weight is 815 g/mol. The molecule has 17 heteroatoms. The zero-order valence-electron chi connectivity index (χ0n) is 36.1. The highest BCUT2D eigenvalue weighted by Gasteiger charge is 2.23. The first kappa shape index (κ1) is 46.0. The predicted molar refractivity (Wildman–Crippen MR) is 251 cm³/mol. The molecule has 8 rings (SSSR count). The van der Waals surface area contributed by atoms with Crippen molar-refractivity contribution in [3.05, 3.63) is 80.6 Å². The molecule has 6 N–H and O–H groups in total. The number of nitrogens with one attached hydrogen (secondary N) is 6. The molecule has 0 aliphatic carbocycles. The van der Waals surface area contributed by atoms with E-state index in [1.165, 1.54) is 0 Å². The minimum atomic E-state index is -0.331. The molecule has 8 aromatic rings. The number of benzene rings is 2. The Morgan fingerprint density at radius 1 is 0.593 bits per heavy atom. The highest BCUT2D eigenvalue weighted by Crippen LogP contribution is 2.32. The molecule has 2 atom stereocenters. The lowest BCUT2D eigenvalue weighted by Gasteiger charge is -2.21. The fourth-order valence-corrected chi connectivity index (χ4v) is 6.25. The van der Waals surface area contributed by atoms with Crippen molar-refractivity contribution < 1.29 is 0 Å². The number of imidazole rings is 2. The van der Waals surface area contributed by atoms with Crippen LogP contribution in [0.15, 0.2) is 58.4 Å². The molecule has 6 heterocycles. The van der Waals surface area contributed by atoms with Crippen molar-refractivity contribution in [3.63, 3.8) is 0 Å². The zero-order chi connectivity index (χ0) is 42.6. The molecule has 6 aromatic heterocycles. The van der Waals surface area contributed by atoms with E-state index in [4.69, 9.17) is 15.7 Å². The van der Waals surface area contributed by atoms with Crippen LogP contribution in [0.1, 0.15) is 66.5 Å². The van der Waals surface area contributed by atoms with Gasteiger partial charge in [0.15, 0.2) is 0 Å². The first-order valence-corrected chi connectivity index (χ1v) is 19.8. The van der Waals surface area contributed by atoms with Crippen molar-refractivity contribution in [2.75, 3.05) is 10.6 Å². The van der Waals surface area contributed by atoms with Gasteiger partial charge in [0.25, 0.3) is 11.1 Å². The standard InChI is InChI=1S/2C19H21BN6O.2C2H6.H2S/c2*1-9(2)17(20)24-16-14(19(27)23-13-8-26(4)25-15(13)16)18-21-11-6-5-10(3)7-12(11)22-18;2*1-2;/h2*5-9,17,24H,1-4H3,(H,21,22)(H,23,27);2*1-2H3;1H2. The summed E-state index contributed by atoms with van der Waals surface area (Å²) in [6.07, 6.45) is 3.54. The van der Waals surface area contributed by atoms with Gasteiger partial charge in [0, 0.05) is 26.5 Å². The normalized spacial score (nSPS) is 12.0. The topological polar surface area (TPSA) is 183 Å². The summed E-state index contributed by atoms with van der Waals surface area (Å²) in [5, 5.41) is 15.6. The molecule has 2 unspecified atom stereocenters. The molecular weight excluding hydrogens is 758 g/mol. The number of hydrogen-bond donors (Lipinski definition) is 6. The number of aromatic nitrogens is 10. The van der Waals surface area contributed by atoms with Crippen LogP contribution >= 0.6 is 13.5 Å². The van der Waals surface area contributed by atoms with E-state index in [0.717, 1.165) is 33.2 Å². The van der Waals surface area contributed by atoms with Gasteiger partial charge in [-0.25, -0.2) is 9.97 Å². The van der Waals surface area contributed by atoms with Crippen LogP contribution in [0.5, 0.6) is 0 Å². The van der Waals surface area contributed by atoms with Crippen LogP contribution in [0.25, 0.3) is 66.9 Å². The molecule has 308 valence electrons. The molecule has 0 amide bonds. The SMILES string of the molecule is CC.CC.S.[B]C(Nc1c(-c2nc3ccc(C)cc3[nH]2)c(=O)[nH]c2cn(C)nc12)C(C)C.[B]C(Nc1c(-c2nc3ccc(C)cc3[nH]2)c(=O)[nH]c2cn(C)nc12)C(C)C. The molecule has 0 fully saturated rings. The fraction of sp³-hybridized carbons (Fsp3) is 0.381. The number of pyridine rings is 2. The number of fused-ring (bicyclic) bond motifs is 4. The molecule has 0 aliphatic heterocycles. The molecule has 0 bridgehead atoms. The van der Waals surface area contributed by atoms with Gasteiger partial charge < -0.3 is 30.6 Å². The monoisotopic (exact) mass is 814 g/mol. The Bertz CT molecular complexity index is 2600. The number of nitrogens with zero attached hydrogens (tertiary/aromatic N) is 6. The Kier molecular flexibility index (Phi) is 15.1. The summed E-state index contributed by atoms with van der Waals surface area (Å²) in [7, 11) is 16.1. The highest BCUT2D eigenvalue weighted by molar-refractivity contribution is 7.59. The largest absolute Gasteiger partial charge is 0.388 e. The van der Waals surface area contributed by atoms with Gasteiger partial charge in [0.05, 0.1) is 60.2 Å². The summed E-state index contributed by atoms with van der Waals surface area (Å²) in [6.45, 7) is 20.1. The number of aromatic amines is 4. The number of aryl methyl sites for hydroxylation is 4. The average Bonchev–Trinajstić information content (AvgIpc) is 3.97. The first-order valence-electron chi connectivity index (χ1n) is 19.8. The van der Waals surface area contributed by atoms with Crippen molar-refractivity contribution >= 4 is 84.7 Å². The van der Waals surface area contributed by atoms with Crippen LogP contribution in [0.3, 0.4) is 0 Å². The number of hydrogen-bond acceptors (Lipinski definition) is 8. The maximum absolute atomic E-state index is 12.9. The number of H-pyrrole nitrogens is 4. The minimum absolute atomic E-state index is 0. The molecule has 0 aliphatic rings. The highest BCUT2D eigenvalue weighted by atomic mass is 32.1. The Morgan fingerprint density at radius 2 is 0.949 bits per heavy atom. The van der Waals surface area contributed by atoms with Gasteiger partial charge in [-0.05, 0) is 73.0 Å². The molecule has 0 spiro atoms. The van der Waals surface area contributed by atoms with E-state index in [0.29, 0.717) is 56.2 Å². The molecule has 14 nitrogen and oxygen atoms in total. The second-order valence-electron chi connectivity index (χ2n) is 14.6. The lowest BCUT2D eigenvalue weighted by molar-refractivity contribution is 0.643. The van der Waals surface area contributed by atoms with E-state index in [1.54, 1.807) is 21.8 Å². The van der Waals surface area contributed by atoms with Gasteiger partial charge in [0.2, 0.25) is 0 Å². The third-order valence-corrected chi connectivity index (χ3v) is 9.39. The number of anilines is 2. The fourth-order valence-electron chi connectivity index (χ4n) is 6.25. The molecule has 59 heavy (non-hydrogen) atoms. The maximum atomic E-state index is 12.9. The van der Waals surface area contributed by atoms with E-state index in [2.05, 4.69) is 50.7 Å². The predicted octanol–water partition coefficient (Wildman–Crippen LogP) is 7.52. The summed E-state index contributed by atoms with van der Waals surface area (Å²) in [4.78, 5) is 47.4. The van der Waals surface area contributed by atoms with Crippen LogP contribution in [-0.2, 0) is 14.1 Å². The van der Waals surface area contributed by atoms with Crippen molar-refractivity contribution in [3.8, 4) is 22.8 Å². The summed E-state index contributed by atoms with van der Waals surface area (Å²) >= 11 is 0. The van der Waals surface area contributed by atoms with Crippen molar-refractivity contribution in [2.24, 2.45) is 25.9 Å². The van der Waals surface area contributed by atoms with Crippen molar-refractivity contribution in [1.82, 2.24) is 49.5 Å². The van der Waals surface area contributed by atoms with Gasteiger partial charge >= 0.3 is 0 Å². The van der Waals surface area contributed by atoms with E-state index in [1.807, 2.05) is 120 Å². The van der Waals surface area contributed by atoms with Gasteiger partial charge in [-0.15, -0.1) is 0 Å².